The Kier molecular flexibility index (Phi) is 6.40. The first-order chi connectivity index (χ1) is 12.4. The van der Waals surface area contributed by atoms with Crippen molar-refractivity contribution in [3.8, 4) is 6.07 Å². The van der Waals surface area contributed by atoms with E-state index in [1.165, 1.54) is 0 Å². The average Bonchev–Trinajstić information content (AvgIpc) is 2.86. The van der Waals surface area contributed by atoms with Crippen LogP contribution in [0.1, 0.15) is 33.1 Å². The third kappa shape index (κ3) is 4.23. The van der Waals surface area contributed by atoms with Crippen molar-refractivity contribution in [3.63, 3.8) is 0 Å². The van der Waals surface area contributed by atoms with E-state index >= 15 is 0 Å². The Morgan fingerprint density at radius 1 is 1.12 bits per heavy atom. The molecule has 26 heavy (non-hydrogen) atoms. The lowest BCUT2D eigenvalue weighted by atomic mass is 10.1. The smallest absolute Gasteiger partial charge is 0.220 e. The Balaban J connectivity index is 2.07. The van der Waals surface area contributed by atoms with E-state index in [0.29, 0.717) is 18.3 Å². The maximum atomic E-state index is 12.6. The first-order valence-electron chi connectivity index (χ1n) is 8.87. The van der Waals surface area contributed by atoms with Crippen molar-refractivity contribution in [1.29, 1.82) is 5.26 Å². The molecule has 0 spiro atoms. The first-order valence-corrected chi connectivity index (χ1v) is 8.87. The predicted octanol–water partition coefficient (Wildman–Crippen LogP) is 2.82. The zero-order valence-corrected chi connectivity index (χ0v) is 15.9. The number of anilines is 2. The molecule has 0 aromatic heterocycles. The van der Waals surface area contributed by atoms with E-state index in [1.54, 1.807) is 0 Å². The summed E-state index contributed by atoms with van der Waals surface area (Å²) in [7, 11) is 3.67. The number of benzene rings is 1. The number of fused-ring (bicyclic) bond motifs is 1. The SMILES string of the molecule is CC(C)CCNC(=O)CCC(=O)C(C#N)=C1N(C)c2ccccc2N1C. The average molecular weight is 354 g/mol. The van der Waals surface area contributed by atoms with Crippen molar-refractivity contribution in [2.45, 2.75) is 33.1 Å². The van der Waals surface area contributed by atoms with Gasteiger partial charge in [-0.15, -0.1) is 0 Å². The second-order valence-corrected chi connectivity index (χ2v) is 6.87. The molecule has 0 aliphatic carbocycles. The van der Waals surface area contributed by atoms with E-state index in [1.807, 2.05) is 54.2 Å². The molecule has 1 heterocycles. The Labute approximate surface area is 155 Å². The number of ketones is 1. The third-order valence-electron chi connectivity index (χ3n) is 4.48. The fourth-order valence-electron chi connectivity index (χ4n) is 3.00. The number of nitrogens with zero attached hydrogens (tertiary/aromatic N) is 3. The predicted molar refractivity (Wildman–Crippen MR) is 103 cm³/mol. The van der Waals surface area contributed by atoms with Gasteiger partial charge in [-0.3, -0.25) is 9.59 Å². The molecule has 138 valence electrons. The number of carbonyl (C=O) groups excluding carboxylic acids is 2. The molecule has 1 aromatic rings. The molecule has 1 aliphatic rings. The van der Waals surface area contributed by atoms with Crippen LogP contribution in [0.3, 0.4) is 0 Å². The normalized spacial score (nSPS) is 12.8. The number of hydrogen-bond acceptors (Lipinski definition) is 5. The number of nitriles is 1. The molecule has 0 saturated heterocycles. The van der Waals surface area contributed by atoms with Crippen LogP contribution in [-0.4, -0.2) is 32.3 Å². The molecular weight excluding hydrogens is 328 g/mol. The zero-order chi connectivity index (χ0) is 19.3. The van der Waals surface area contributed by atoms with E-state index in [9.17, 15) is 14.9 Å². The third-order valence-corrected chi connectivity index (χ3v) is 4.48. The number of allylic oxidation sites excluding steroid dienone is 1. The van der Waals surface area contributed by atoms with Crippen LogP contribution in [0.4, 0.5) is 11.4 Å². The highest BCUT2D eigenvalue weighted by Gasteiger charge is 2.31. The fourth-order valence-corrected chi connectivity index (χ4v) is 3.00. The fraction of sp³-hybridized carbons (Fsp3) is 0.450. The van der Waals surface area contributed by atoms with Gasteiger partial charge in [0.1, 0.15) is 17.5 Å². The first kappa shape index (κ1) is 19.5. The highest BCUT2D eigenvalue weighted by atomic mass is 16.2. The highest BCUT2D eigenvalue weighted by Crippen LogP contribution is 2.40. The summed E-state index contributed by atoms with van der Waals surface area (Å²) in [5.74, 6) is 0.603. The molecule has 6 heteroatoms. The molecule has 0 radical (unpaired) electrons. The van der Waals surface area contributed by atoms with Gasteiger partial charge in [0.15, 0.2) is 5.78 Å². The van der Waals surface area contributed by atoms with Gasteiger partial charge in [0.25, 0.3) is 0 Å². The van der Waals surface area contributed by atoms with Crippen LogP contribution in [-0.2, 0) is 9.59 Å². The van der Waals surface area contributed by atoms with E-state index in [4.69, 9.17) is 0 Å². The van der Waals surface area contributed by atoms with Gasteiger partial charge in [0, 0.05) is 33.5 Å². The van der Waals surface area contributed by atoms with Crippen LogP contribution in [0.5, 0.6) is 0 Å². The molecule has 2 rings (SSSR count). The molecular formula is C20H26N4O2. The number of Topliss-reactive ketones (excluding diaryl/α,β-unsaturated/α-hetero) is 1. The van der Waals surface area contributed by atoms with Gasteiger partial charge in [0.2, 0.25) is 5.91 Å². The van der Waals surface area contributed by atoms with Gasteiger partial charge in [0.05, 0.1) is 11.4 Å². The van der Waals surface area contributed by atoms with Crippen molar-refractivity contribution in [2.24, 2.45) is 5.92 Å². The minimum Gasteiger partial charge on any atom is -0.356 e. The molecule has 1 aliphatic heterocycles. The lowest BCUT2D eigenvalue weighted by Crippen LogP contribution is -2.28. The van der Waals surface area contributed by atoms with Gasteiger partial charge < -0.3 is 15.1 Å². The summed E-state index contributed by atoms with van der Waals surface area (Å²) >= 11 is 0. The maximum absolute atomic E-state index is 12.6. The zero-order valence-electron chi connectivity index (χ0n) is 15.9. The number of carbonyl (C=O) groups is 2. The highest BCUT2D eigenvalue weighted by molar-refractivity contribution is 6.03. The number of nitrogens with one attached hydrogen (secondary N) is 1. The lowest BCUT2D eigenvalue weighted by molar-refractivity contribution is -0.124. The van der Waals surface area contributed by atoms with Gasteiger partial charge in [-0.25, -0.2) is 0 Å². The quantitative estimate of drug-likeness (QED) is 0.602. The number of para-hydroxylation sites is 2. The summed E-state index contributed by atoms with van der Waals surface area (Å²) in [6, 6.07) is 9.76. The molecule has 0 unspecified atom stereocenters. The van der Waals surface area contributed by atoms with Gasteiger partial charge in [-0.05, 0) is 24.5 Å². The van der Waals surface area contributed by atoms with Crippen molar-refractivity contribution in [2.75, 3.05) is 30.4 Å². The summed E-state index contributed by atoms with van der Waals surface area (Å²) in [5.41, 5.74) is 1.97. The molecule has 0 atom stereocenters. The Morgan fingerprint density at radius 2 is 1.69 bits per heavy atom. The molecule has 1 aromatic carbocycles. The summed E-state index contributed by atoms with van der Waals surface area (Å²) in [4.78, 5) is 28.1. The van der Waals surface area contributed by atoms with Crippen LogP contribution in [0.15, 0.2) is 35.7 Å². The van der Waals surface area contributed by atoms with Crippen molar-refractivity contribution >= 4 is 23.1 Å². The van der Waals surface area contributed by atoms with E-state index in [2.05, 4.69) is 19.2 Å². The van der Waals surface area contributed by atoms with Gasteiger partial charge >= 0.3 is 0 Å². The van der Waals surface area contributed by atoms with Crippen LogP contribution in [0, 0.1) is 17.2 Å². The number of amides is 1. The molecule has 0 bridgehead atoms. The van der Waals surface area contributed by atoms with Crippen LogP contribution >= 0.6 is 0 Å². The lowest BCUT2D eigenvalue weighted by Gasteiger charge is -2.19. The molecule has 6 nitrogen and oxygen atoms in total. The Morgan fingerprint density at radius 3 is 2.19 bits per heavy atom. The molecule has 1 amide bonds. The maximum Gasteiger partial charge on any atom is 0.220 e. The molecule has 1 N–H and O–H groups in total. The molecule has 0 fully saturated rings. The number of rotatable bonds is 7. The largest absolute Gasteiger partial charge is 0.356 e. The van der Waals surface area contributed by atoms with E-state index in [-0.39, 0.29) is 30.1 Å². The van der Waals surface area contributed by atoms with Crippen LogP contribution in [0.2, 0.25) is 0 Å². The summed E-state index contributed by atoms with van der Waals surface area (Å²) in [6.45, 7) is 4.79. The summed E-state index contributed by atoms with van der Waals surface area (Å²) < 4.78 is 0. The van der Waals surface area contributed by atoms with E-state index < -0.39 is 0 Å². The second kappa shape index (κ2) is 8.52. The monoisotopic (exact) mass is 354 g/mol. The van der Waals surface area contributed by atoms with Gasteiger partial charge in [-0.2, -0.15) is 5.26 Å². The van der Waals surface area contributed by atoms with Crippen LogP contribution in [0.25, 0.3) is 0 Å². The topological polar surface area (TPSA) is 76.4 Å². The number of hydrogen-bond donors (Lipinski definition) is 1. The Hall–Kier alpha value is -2.81. The van der Waals surface area contributed by atoms with Crippen LogP contribution < -0.4 is 15.1 Å². The summed E-state index contributed by atoms with van der Waals surface area (Å²) in [5, 5.41) is 12.4. The Bertz CT molecular complexity index is 730. The van der Waals surface area contributed by atoms with E-state index in [0.717, 1.165) is 17.8 Å². The minimum atomic E-state index is -0.312. The second-order valence-electron chi connectivity index (χ2n) is 6.87. The van der Waals surface area contributed by atoms with Gasteiger partial charge in [-0.1, -0.05) is 26.0 Å². The summed E-state index contributed by atoms with van der Waals surface area (Å²) in [6.07, 6.45) is 1.02. The molecule has 0 saturated carbocycles. The van der Waals surface area contributed by atoms with Crippen molar-refractivity contribution in [3.05, 3.63) is 35.7 Å². The minimum absolute atomic E-state index is 0.0257. The van der Waals surface area contributed by atoms with Crippen molar-refractivity contribution < 1.29 is 9.59 Å². The van der Waals surface area contributed by atoms with Crippen molar-refractivity contribution in [1.82, 2.24) is 5.32 Å². The standard InChI is InChI=1S/C20H26N4O2/c1-14(2)11-12-22-19(26)10-9-18(25)15(13-21)20-23(3)16-7-5-6-8-17(16)24(20)4/h5-8,14H,9-12H2,1-4H3,(H,22,26).